The number of ether oxygens (including phenoxy) is 1. The van der Waals surface area contributed by atoms with E-state index in [-0.39, 0.29) is 5.88 Å². The molecule has 0 saturated carbocycles. The van der Waals surface area contributed by atoms with E-state index in [0.717, 1.165) is 12.7 Å². The Morgan fingerprint density at radius 1 is 1.39 bits per heavy atom. The second-order valence-corrected chi connectivity index (χ2v) is 3.52. The van der Waals surface area contributed by atoms with Crippen LogP contribution in [0.2, 0.25) is 0 Å². The van der Waals surface area contributed by atoms with Crippen molar-refractivity contribution in [3.05, 3.63) is 12.4 Å². The van der Waals surface area contributed by atoms with Crippen LogP contribution in [0.5, 0.6) is 5.88 Å². The number of rotatable bonds is 7. The minimum Gasteiger partial charge on any atom is -0.471 e. The topological polar surface area (TPSA) is 47.0 Å². The number of nitrogens with zero attached hydrogens (tertiary/aromatic N) is 2. The van der Waals surface area contributed by atoms with Gasteiger partial charge in [0, 0.05) is 12.6 Å². The van der Waals surface area contributed by atoms with Crippen molar-refractivity contribution in [1.82, 2.24) is 9.97 Å². The van der Waals surface area contributed by atoms with Crippen LogP contribution in [0.3, 0.4) is 0 Å². The average Bonchev–Trinajstić information content (AvgIpc) is 2.34. The molecule has 1 aromatic heterocycles. The van der Waals surface area contributed by atoms with Crippen molar-refractivity contribution < 1.29 is 22.3 Å². The van der Waals surface area contributed by atoms with Gasteiger partial charge >= 0.3 is 12.3 Å². The van der Waals surface area contributed by atoms with Crippen LogP contribution in [0.15, 0.2) is 12.4 Å². The Balaban J connectivity index is 2.57. The fraction of sp³-hybridized carbons (Fsp3) is 0.600. The van der Waals surface area contributed by atoms with Gasteiger partial charge in [0.15, 0.2) is 6.61 Å². The van der Waals surface area contributed by atoms with Gasteiger partial charge in [-0.3, -0.25) is 0 Å². The summed E-state index contributed by atoms with van der Waals surface area (Å²) in [5.74, 6) is -3.98. The molecule has 0 unspecified atom stereocenters. The molecule has 0 fully saturated rings. The maximum Gasteiger partial charge on any atom is 0.340 e. The highest BCUT2D eigenvalue weighted by atomic mass is 19.3. The van der Waals surface area contributed by atoms with E-state index in [1.54, 1.807) is 0 Å². The van der Waals surface area contributed by atoms with Crippen LogP contribution in [0.25, 0.3) is 0 Å². The monoisotopic (exact) mass is 267 g/mol. The minimum absolute atomic E-state index is 0.177. The van der Waals surface area contributed by atoms with E-state index in [4.69, 9.17) is 0 Å². The highest BCUT2D eigenvalue weighted by Gasteiger charge is 2.41. The first-order chi connectivity index (χ1) is 8.45. The summed E-state index contributed by atoms with van der Waals surface area (Å²) in [5.41, 5.74) is 0. The molecule has 0 radical (unpaired) electrons. The largest absolute Gasteiger partial charge is 0.471 e. The van der Waals surface area contributed by atoms with Crippen molar-refractivity contribution in [2.24, 2.45) is 0 Å². The molecule has 1 aromatic rings. The molecule has 0 bridgehead atoms. The molecule has 0 saturated heterocycles. The van der Waals surface area contributed by atoms with Crippen LogP contribution >= 0.6 is 0 Å². The van der Waals surface area contributed by atoms with E-state index in [1.165, 1.54) is 6.07 Å². The number of alkyl halides is 4. The Morgan fingerprint density at radius 3 is 2.72 bits per heavy atom. The normalized spacial score (nSPS) is 11.7. The molecule has 8 heteroatoms. The third-order valence-electron chi connectivity index (χ3n) is 1.93. The summed E-state index contributed by atoms with van der Waals surface area (Å²) in [7, 11) is 0. The molecule has 0 atom stereocenters. The fourth-order valence-corrected chi connectivity index (χ4v) is 1.00. The van der Waals surface area contributed by atoms with E-state index in [2.05, 4.69) is 20.0 Å². The summed E-state index contributed by atoms with van der Waals surface area (Å²) in [6, 6.07) is 1.28. The lowest BCUT2D eigenvalue weighted by Gasteiger charge is -2.15. The lowest BCUT2D eigenvalue weighted by molar-refractivity contribution is -0.148. The van der Waals surface area contributed by atoms with Gasteiger partial charge in [0.05, 0.1) is 0 Å². The summed E-state index contributed by atoms with van der Waals surface area (Å²) in [6.07, 6.45) is -1.81. The number of aromatic nitrogens is 2. The number of halogens is 4. The fourth-order valence-electron chi connectivity index (χ4n) is 1.00. The van der Waals surface area contributed by atoms with Gasteiger partial charge in [-0.2, -0.15) is 8.78 Å². The Kier molecular flexibility index (Phi) is 5.11. The zero-order valence-corrected chi connectivity index (χ0v) is 9.67. The lowest BCUT2D eigenvalue weighted by atomic mass is 10.4. The molecule has 0 spiro atoms. The Labute approximate surface area is 101 Å². The minimum atomic E-state index is -4.19. The van der Waals surface area contributed by atoms with Gasteiger partial charge in [0.2, 0.25) is 5.88 Å². The highest BCUT2D eigenvalue weighted by Crippen LogP contribution is 2.24. The first-order valence-corrected chi connectivity index (χ1v) is 5.30. The summed E-state index contributed by atoms with van der Waals surface area (Å²) in [5, 5.41) is 2.89. The van der Waals surface area contributed by atoms with Gasteiger partial charge in [-0.05, 0) is 6.42 Å². The van der Waals surface area contributed by atoms with Gasteiger partial charge in [-0.25, -0.2) is 18.7 Å². The molecule has 0 aliphatic heterocycles. The summed E-state index contributed by atoms with van der Waals surface area (Å²) in [6.45, 7) is 1.16. The van der Waals surface area contributed by atoms with Crippen LogP contribution in [0.4, 0.5) is 23.4 Å². The van der Waals surface area contributed by atoms with Crippen molar-refractivity contribution in [2.45, 2.75) is 25.7 Å². The van der Waals surface area contributed by atoms with Gasteiger partial charge < -0.3 is 10.1 Å². The molecule has 0 aromatic carbocycles. The van der Waals surface area contributed by atoms with E-state index in [1.807, 2.05) is 6.92 Å². The van der Waals surface area contributed by atoms with Crippen LogP contribution in [0.1, 0.15) is 13.3 Å². The molecule has 1 heterocycles. The summed E-state index contributed by atoms with van der Waals surface area (Å²) >= 11 is 0. The molecular formula is C10H13F4N3O. The lowest BCUT2D eigenvalue weighted by Crippen LogP contribution is -2.33. The predicted molar refractivity (Wildman–Crippen MR) is 57.3 cm³/mol. The quantitative estimate of drug-likeness (QED) is 0.771. The second kappa shape index (κ2) is 6.36. The van der Waals surface area contributed by atoms with Crippen LogP contribution in [-0.4, -0.2) is 35.5 Å². The van der Waals surface area contributed by atoms with Gasteiger partial charge in [0.25, 0.3) is 0 Å². The number of hydrogen-bond donors (Lipinski definition) is 1. The molecule has 102 valence electrons. The van der Waals surface area contributed by atoms with Gasteiger partial charge in [-0.1, -0.05) is 6.92 Å². The van der Waals surface area contributed by atoms with Crippen molar-refractivity contribution in [2.75, 3.05) is 18.5 Å². The van der Waals surface area contributed by atoms with Crippen LogP contribution in [0, 0.1) is 0 Å². The Hall–Kier alpha value is -1.60. The van der Waals surface area contributed by atoms with Crippen molar-refractivity contribution >= 4 is 5.82 Å². The number of nitrogens with one attached hydrogen (secondary N) is 1. The maximum atomic E-state index is 12.6. The molecule has 18 heavy (non-hydrogen) atoms. The molecule has 0 aliphatic rings. The maximum absolute atomic E-state index is 12.6. The molecule has 4 nitrogen and oxygen atoms in total. The third-order valence-corrected chi connectivity index (χ3v) is 1.93. The van der Waals surface area contributed by atoms with E-state index in [9.17, 15) is 17.6 Å². The average molecular weight is 267 g/mol. The van der Waals surface area contributed by atoms with Gasteiger partial charge in [0.1, 0.15) is 12.1 Å². The molecule has 1 rings (SSSR count). The zero-order valence-electron chi connectivity index (χ0n) is 9.67. The van der Waals surface area contributed by atoms with E-state index >= 15 is 0 Å². The number of anilines is 1. The SMILES string of the molecule is CCCNc1cc(OCC(F)(F)C(F)F)ncn1. The first kappa shape index (κ1) is 14.5. The second-order valence-electron chi connectivity index (χ2n) is 3.52. The van der Waals surface area contributed by atoms with E-state index < -0.39 is 19.0 Å². The van der Waals surface area contributed by atoms with Gasteiger partial charge in [-0.15, -0.1) is 0 Å². The molecule has 0 aliphatic carbocycles. The number of hydrogen-bond acceptors (Lipinski definition) is 4. The summed E-state index contributed by atoms with van der Waals surface area (Å²) in [4.78, 5) is 7.38. The first-order valence-electron chi connectivity index (χ1n) is 5.30. The highest BCUT2D eigenvalue weighted by molar-refractivity contribution is 5.36. The Morgan fingerprint density at radius 2 is 2.11 bits per heavy atom. The third kappa shape index (κ3) is 4.34. The van der Waals surface area contributed by atoms with E-state index in [0.29, 0.717) is 12.4 Å². The molecule has 0 amide bonds. The van der Waals surface area contributed by atoms with Crippen molar-refractivity contribution in [3.8, 4) is 5.88 Å². The standard InChI is InChI=1S/C10H13F4N3O/c1-2-3-15-7-4-8(17-6-16-7)18-5-10(13,14)9(11)12/h4,6,9H,2-3,5H2,1H3,(H,15,16,17). The Bertz CT molecular complexity index is 376. The molecular weight excluding hydrogens is 254 g/mol. The zero-order chi connectivity index (χ0) is 13.6. The summed E-state index contributed by atoms with van der Waals surface area (Å²) < 4.78 is 53.5. The predicted octanol–water partition coefficient (Wildman–Crippen LogP) is 2.58. The van der Waals surface area contributed by atoms with Crippen LogP contribution < -0.4 is 10.1 Å². The molecule has 1 N–H and O–H groups in total. The van der Waals surface area contributed by atoms with Crippen molar-refractivity contribution in [3.63, 3.8) is 0 Å². The van der Waals surface area contributed by atoms with Crippen molar-refractivity contribution in [1.29, 1.82) is 0 Å². The van der Waals surface area contributed by atoms with Crippen LogP contribution in [-0.2, 0) is 0 Å². The smallest absolute Gasteiger partial charge is 0.340 e.